The van der Waals surface area contributed by atoms with Crippen LogP contribution in [-0.4, -0.2) is 57.3 Å². The van der Waals surface area contributed by atoms with Crippen molar-refractivity contribution < 1.29 is 50.8 Å². The molecule has 6 rings (SSSR count). The number of amides is 2. The summed E-state index contributed by atoms with van der Waals surface area (Å²) in [5.41, 5.74) is -1.61. The summed E-state index contributed by atoms with van der Waals surface area (Å²) in [6.45, 7) is -0.864. The maximum Gasteiger partial charge on any atom is 0.417 e. The highest BCUT2D eigenvalue weighted by Gasteiger charge is 2.43. The molecular formula is C35H30ClF6N5O5. The molecule has 5 aromatic rings. The van der Waals surface area contributed by atoms with Gasteiger partial charge in [0.15, 0.2) is 0 Å². The number of anilines is 2. The first kappa shape index (κ1) is 36.8. The fraction of sp³-hybridized carbons (Fsp3) is 0.257. The Balaban J connectivity index is 1.29. The lowest BCUT2D eigenvalue weighted by molar-refractivity contribution is -0.138. The second kappa shape index (κ2) is 14.9. The zero-order valence-electron chi connectivity index (χ0n) is 26.8. The van der Waals surface area contributed by atoms with E-state index in [-0.39, 0.29) is 35.8 Å². The number of imidazole rings is 1. The molecule has 5 N–H and O–H groups in total. The second-order valence-electron chi connectivity index (χ2n) is 11.9. The van der Waals surface area contributed by atoms with Gasteiger partial charge in [0.2, 0.25) is 5.95 Å². The Morgan fingerprint density at radius 1 is 0.942 bits per heavy atom. The summed E-state index contributed by atoms with van der Waals surface area (Å²) in [7, 11) is 0. The quantitative estimate of drug-likeness (QED) is 0.0982. The van der Waals surface area contributed by atoms with Crippen LogP contribution in [-0.2, 0) is 23.6 Å². The Kier molecular flexibility index (Phi) is 10.5. The molecule has 0 spiro atoms. The summed E-state index contributed by atoms with van der Waals surface area (Å²) in [5, 5.41) is 29.2. The first-order chi connectivity index (χ1) is 24.7. The van der Waals surface area contributed by atoms with Crippen LogP contribution in [0.15, 0.2) is 91.0 Å². The smallest absolute Gasteiger partial charge is 0.417 e. The van der Waals surface area contributed by atoms with E-state index in [1.54, 1.807) is 36.4 Å². The number of carbonyl (C=O) groups is 1. The van der Waals surface area contributed by atoms with Crippen LogP contribution in [0.25, 0.3) is 11.0 Å². The lowest BCUT2D eigenvalue weighted by Crippen LogP contribution is -2.58. The molecule has 0 radical (unpaired) electrons. The summed E-state index contributed by atoms with van der Waals surface area (Å²) < 4.78 is 94.2. The number of nitrogens with one attached hydrogen (secondary N) is 3. The third-order valence-electron chi connectivity index (χ3n) is 8.30. The summed E-state index contributed by atoms with van der Waals surface area (Å²) in [4.78, 5) is 17.3. The number of ether oxygens (including phenoxy) is 2. The van der Waals surface area contributed by atoms with Crippen molar-refractivity contribution >= 4 is 40.3 Å². The van der Waals surface area contributed by atoms with Crippen LogP contribution in [0.3, 0.4) is 0 Å². The summed E-state index contributed by atoms with van der Waals surface area (Å²) >= 11 is 5.67. The number of urea groups is 1. The lowest BCUT2D eigenvalue weighted by atomic mass is 9.95. The summed E-state index contributed by atoms with van der Waals surface area (Å²) in [6.07, 6.45) is -12.1. The number of benzene rings is 4. The number of para-hydroxylation sites is 1. The van der Waals surface area contributed by atoms with E-state index in [4.69, 9.17) is 21.1 Å². The molecule has 0 bridgehead atoms. The second-order valence-corrected chi connectivity index (χ2v) is 12.3. The number of hydrogen-bond acceptors (Lipinski definition) is 7. The van der Waals surface area contributed by atoms with Crippen molar-refractivity contribution in [1.29, 1.82) is 0 Å². The van der Waals surface area contributed by atoms with E-state index in [0.717, 1.165) is 24.3 Å². The fourth-order valence-electron chi connectivity index (χ4n) is 5.87. The zero-order chi connectivity index (χ0) is 37.2. The summed E-state index contributed by atoms with van der Waals surface area (Å²) in [5.74, 6) is 1.14. The van der Waals surface area contributed by atoms with Crippen LogP contribution in [0, 0.1) is 0 Å². The maximum atomic E-state index is 13.7. The highest BCUT2D eigenvalue weighted by Crippen LogP contribution is 2.38. The van der Waals surface area contributed by atoms with Crippen LogP contribution in [0.2, 0.25) is 5.02 Å². The molecule has 4 aromatic carbocycles. The number of fused-ring (bicyclic) bond motifs is 1. The predicted octanol–water partition coefficient (Wildman–Crippen LogP) is 7.62. The number of hydrogen-bond donors (Lipinski definition) is 5. The Labute approximate surface area is 296 Å². The van der Waals surface area contributed by atoms with E-state index in [0.29, 0.717) is 23.1 Å². The SMILES string of the molecule is O=C(Nc1ccc(Cl)c(C(F)(F)F)c1)NC1COC(CO)C(n2c(NCc3cccc(Oc4ccccc4)c3)nc3cc(C(F)(F)F)ccc32)C1O. The molecule has 2 heterocycles. The van der Waals surface area contributed by atoms with Gasteiger partial charge in [-0.1, -0.05) is 41.9 Å². The van der Waals surface area contributed by atoms with Crippen LogP contribution in [0.4, 0.5) is 42.8 Å². The number of carbonyl (C=O) groups excluding carboxylic acids is 1. The number of nitrogens with zero attached hydrogens (tertiary/aromatic N) is 2. The van der Waals surface area contributed by atoms with E-state index in [2.05, 4.69) is 20.9 Å². The highest BCUT2D eigenvalue weighted by molar-refractivity contribution is 6.31. The highest BCUT2D eigenvalue weighted by atomic mass is 35.5. The molecule has 1 aliphatic heterocycles. The molecule has 274 valence electrons. The van der Waals surface area contributed by atoms with Gasteiger partial charge in [0.25, 0.3) is 0 Å². The molecule has 1 aromatic heterocycles. The van der Waals surface area contributed by atoms with Crippen LogP contribution >= 0.6 is 11.6 Å². The van der Waals surface area contributed by atoms with Gasteiger partial charge in [-0.2, -0.15) is 26.3 Å². The third kappa shape index (κ3) is 8.20. The average molecular weight is 750 g/mol. The van der Waals surface area contributed by atoms with E-state index < -0.39 is 65.4 Å². The molecule has 4 atom stereocenters. The third-order valence-corrected chi connectivity index (χ3v) is 8.63. The van der Waals surface area contributed by atoms with Crippen molar-refractivity contribution in [3.63, 3.8) is 0 Å². The van der Waals surface area contributed by atoms with Gasteiger partial charge in [-0.05, 0) is 66.2 Å². The van der Waals surface area contributed by atoms with Gasteiger partial charge in [0.05, 0.1) is 58.6 Å². The van der Waals surface area contributed by atoms with Crippen molar-refractivity contribution in [3.05, 3.63) is 113 Å². The number of alkyl halides is 6. The predicted molar refractivity (Wildman–Crippen MR) is 179 cm³/mol. The topological polar surface area (TPSA) is 130 Å². The minimum absolute atomic E-state index is 0.0146. The van der Waals surface area contributed by atoms with Gasteiger partial charge in [0, 0.05) is 12.2 Å². The standard InChI is InChI=1S/C35H30ClF6N5O5/c36-25-11-10-21(15-24(25)35(40,41)42)44-33(50)46-27-18-51-29(17-48)30(31(27)49)47-28-12-9-20(34(37,38)39)14-26(28)45-32(47)43-16-19-5-4-8-23(13-19)52-22-6-2-1-3-7-22/h1-15,27,29-31,48-49H,16-18H2,(H,43,45)(H2,44,46,50). The minimum atomic E-state index is -4.79. The zero-order valence-corrected chi connectivity index (χ0v) is 27.5. The minimum Gasteiger partial charge on any atom is -0.457 e. The van der Waals surface area contributed by atoms with Gasteiger partial charge < -0.3 is 40.2 Å². The van der Waals surface area contributed by atoms with Crippen LogP contribution < -0.4 is 20.7 Å². The van der Waals surface area contributed by atoms with Crippen molar-refractivity contribution in [3.8, 4) is 11.5 Å². The van der Waals surface area contributed by atoms with Crippen molar-refractivity contribution in [2.75, 3.05) is 23.8 Å². The molecule has 10 nitrogen and oxygen atoms in total. The molecule has 1 saturated heterocycles. The van der Waals surface area contributed by atoms with Crippen molar-refractivity contribution in [1.82, 2.24) is 14.9 Å². The van der Waals surface area contributed by atoms with Crippen molar-refractivity contribution in [2.24, 2.45) is 0 Å². The van der Waals surface area contributed by atoms with E-state index in [1.807, 2.05) is 18.2 Å². The number of aromatic nitrogens is 2. The molecule has 1 fully saturated rings. The Morgan fingerprint density at radius 3 is 2.40 bits per heavy atom. The maximum absolute atomic E-state index is 13.7. The largest absolute Gasteiger partial charge is 0.457 e. The van der Waals surface area contributed by atoms with Crippen LogP contribution in [0.5, 0.6) is 11.5 Å². The number of halogens is 7. The normalized spacial score (nSPS) is 19.3. The Bertz CT molecular complexity index is 2040. The molecule has 0 saturated carbocycles. The van der Waals surface area contributed by atoms with Gasteiger partial charge in [-0.15, -0.1) is 0 Å². The van der Waals surface area contributed by atoms with Crippen LogP contribution in [0.1, 0.15) is 22.7 Å². The molecule has 0 aliphatic carbocycles. The lowest BCUT2D eigenvalue weighted by Gasteiger charge is -2.41. The fourth-order valence-corrected chi connectivity index (χ4v) is 6.10. The number of aliphatic hydroxyl groups is 2. The number of aliphatic hydroxyl groups excluding tert-OH is 2. The number of rotatable bonds is 9. The average Bonchev–Trinajstić information content (AvgIpc) is 3.46. The van der Waals surface area contributed by atoms with Crippen molar-refractivity contribution in [2.45, 2.75) is 43.2 Å². The van der Waals surface area contributed by atoms with Gasteiger partial charge >= 0.3 is 18.4 Å². The van der Waals surface area contributed by atoms with E-state index in [9.17, 15) is 41.4 Å². The first-order valence-corrected chi connectivity index (χ1v) is 16.1. The van der Waals surface area contributed by atoms with Gasteiger partial charge in [-0.3, -0.25) is 0 Å². The molecule has 2 amide bonds. The van der Waals surface area contributed by atoms with Gasteiger partial charge in [-0.25, -0.2) is 9.78 Å². The van der Waals surface area contributed by atoms with E-state index in [1.165, 1.54) is 10.6 Å². The molecular weight excluding hydrogens is 720 g/mol. The van der Waals surface area contributed by atoms with Gasteiger partial charge in [0.1, 0.15) is 17.6 Å². The molecule has 1 aliphatic rings. The Hall–Kier alpha value is -5.03. The molecule has 52 heavy (non-hydrogen) atoms. The summed E-state index contributed by atoms with van der Waals surface area (Å²) in [6, 6.07) is 18.3. The Morgan fingerprint density at radius 2 is 1.69 bits per heavy atom. The first-order valence-electron chi connectivity index (χ1n) is 15.7. The molecule has 17 heteroatoms. The monoisotopic (exact) mass is 749 g/mol. The van der Waals surface area contributed by atoms with E-state index >= 15 is 0 Å². The molecule has 4 unspecified atom stereocenters.